The van der Waals surface area contributed by atoms with Gasteiger partial charge in [0.05, 0.1) is 0 Å². The van der Waals surface area contributed by atoms with Crippen LogP contribution in [0.3, 0.4) is 0 Å². The van der Waals surface area contributed by atoms with E-state index in [0.717, 1.165) is 5.56 Å². The maximum Gasteiger partial charge on any atom is 0.133 e. The van der Waals surface area contributed by atoms with Crippen molar-refractivity contribution < 1.29 is 8.78 Å². The molecule has 0 fully saturated rings. The van der Waals surface area contributed by atoms with Gasteiger partial charge in [0.1, 0.15) is 11.6 Å². The van der Waals surface area contributed by atoms with Crippen molar-refractivity contribution in [2.24, 2.45) is 0 Å². The molecule has 2 aromatic carbocycles. The fourth-order valence-corrected chi connectivity index (χ4v) is 2.37. The minimum absolute atomic E-state index is 0.135. The molecular formula is C17H19F2N. The molecule has 0 spiro atoms. The van der Waals surface area contributed by atoms with Crippen molar-refractivity contribution in [2.45, 2.75) is 26.3 Å². The lowest BCUT2D eigenvalue weighted by atomic mass is 9.96. The predicted octanol–water partition coefficient (Wildman–Crippen LogP) is 4.17. The third-order valence-electron chi connectivity index (χ3n) is 3.40. The Labute approximate surface area is 118 Å². The minimum Gasteiger partial charge on any atom is -0.310 e. The lowest BCUT2D eigenvalue weighted by Gasteiger charge is -2.20. The highest BCUT2D eigenvalue weighted by atomic mass is 19.1. The summed E-state index contributed by atoms with van der Waals surface area (Å²) in [6.07, 6.45) is 0.561. The van der Waals surface area contributed by atoms with Gasteiger partial charge in [0.2, 0.25) is 0 Å². The quantitative estimate of drug-likeness (QED) is 0.863. The van der Waals surface area contributed by atoms with Crippen LogP contribution < -0.4 is 5.32 Å². The smallest absolute Gasteiger partial charge is 0.133 e. The SMILES string of the molecule is CCNC(Cc1ccccc1)c1c(F)ccc(C)c1F. The summed E-state index contributed by atoms with van der Waals surface area (Å²) >= 11 is 0. The number of halogens is 2. The minimum atomic E-state index is -0.491. The monoisotopic (exact) mass is 275 g/mol. The number of likely N-dealkylation sites (N-methyl/N-ethyl adjacent to an activating group) is 1. The first kappa shape index (κ1) is 14.7. The fraction of sp³-hybridized carbons (Fsp3) is 0.294. The van der Waals surface area contributed by atoms with Gasteiger partial charge in [-0.2, -0.15) is 0 Å². The van der Waals surface area contributed by atoms with Crippen LogP contribution in [0.15, 0.2) is 42.5 Å². The molecule has 1 N–H and O–H groups in total. The molecule has 0 radical (unpaired) electrons. The molecule has 1 unspecified atom stereocenters. The number of rotatable bonds is 5. The Hall–Kier alpha value is -1.74. The molecule has 0 saturated carbocycles. The van der Waals surface area contributed by atoms with Gasteiger partial charge in [0.15, 0.2) is 0 Å². The summed E-state index contributed by atoms with van der Waals surface area (Å²) in [6.45, 7) is 4.25. The zero-order valence-corrected chi connectivity index (χ0v) is 11.8. The number of hydrogen-bond acceptors (Lipinski definition) is 1. The summed E-state index contributed by atoms with van der Waals surface area (Å²) in [5.74, 6) is -0.943. The third kappa shape index (κ3) is 3.23. The Bertz CT molecular complexity index is 567. The highest BCUT2D eigenvalue weighted by Gasteiger charge is 2.21. The van der Waals surface area contributed by atoms with Crippen LogP contribution in [-0.4, -0.2) is 6.54 Å². The molecule has 0 aliphatic rings. The molecule has 0 aliphatic carbocycles. The van der Waals surface area contributed by atoms with Crippen molar-refractivity contribution in [1.82, 2.24) is 5.32 Å². The van der Waals surface area contributed by atoms with Gasteiger partial charge in [-0.05, 0) is 37.1 Å². The van der Waals surface area contributed by atoms with E-state index in [4.69, 9.17) is 0 Å². The van der Waals surface area contributed by atoms with Gasteiger partial charge in [0, 0.05) is 11.6 Å². The zero-order chi connectivity index (χ0) is 14.5. The van der Waals surface area contributed by atoms with Gasteiger partial charge in [0.25, 0.3) is 0 Å². The Kier molecular flexibility index (Phi) is 4.85. The maximum absolute atomic E-state index is 14.3. The van der Waals surface area contributed by atoms with Crippen LogP contribution in [0.4, 0.5) is 8.78 Å². The van der Waals surface area contributed by atoms with Gasteiger partial charge in [-0.25, -0.2) is 8.78 Å². The van der Waals surface area contributed by atoms with Crippen LogP contribution in [0.2, 0.25) is 0 Å². The summed E-state index contributed by atoms with van der Waals surface area (Å²) in [7, 11) is 0. The van der Waals surface area contributed by atoms with Gasteiger partial charge >= 0.3 is 0 Å². The van der Waals surface area contributed by atoms with Crippen molar-refractivity contribution in [3.8, 4) is 0 Å². The molecule has 0 heterocycles. The molecule has 0 aromatic heterocycles. The van der Waals surface area contributed by atoms with Crippen LogP contribution in [0.1, 0.15) is 29.7 Å². The summed E-state index contributed by atoms with van der Waals surface area (Å²) in [5.41, 5.74) is 1.66. The molecule has 0 saturated heterocycles. The van der Waals surface area contributed by atoms with Crippen molar-refractivity contribution in [3.05, 3.63) is 70.8 Å². The average Bonchev–Trinajstić information content (AvgIpc) is 2.45. The largest absolute Gasteiger partial charge is 0.310 e. The fourth-order valence-electron chi connectivity index (χ4n) is 2.37. The zero-order valence-electron chi connectivity index (χ0n) is 11.8. The first-order valence-corrected chi connectivity index (χ1v) is 6.85. The molecule has 0 amide bonds. The predicted molar refractivity (Wildman–Crippen MR) is 77.7 cm³/mol. The average molecular weight is 275 g/mol. The Morgan fingerprint density at radius 3 is 2.40 bits per heavy atom. The molecule has 2 aromatic rings. The van der Waals surface area contributed by atoms with E-state index < -0.39 is 11.6 Å². The van der Waals surface area contributed by atoms with Crippen molar-refractivity contribution in [3.63, 3.8) is 0 Å². The van der Waals surface area contributed by atoms with Crippen LogP contribution >= 0.6 is 0 Å². The van der Waals surface area contributed by atoms with Crippen LogP contribution in [-0.2, 0) is 6.42 Å². The summed E-state index contributed by atoms with van der Waals surface area (Å²) in [6, 6.07) is 12.2. The van der Waals surface area contributed by atoms with Gasteiger partial charge in [-0.1, -0.05) is 43.3 Å². The van der Waals surface area contributed by atoms with E-state index >= 15 is 0 Å². The molecule has 1 nitrogen and oxygen atoms in total. The molecule has 106 valence electrons. The first-order chi connectivity index (χ1) is 9.63. The normalized spacial score (nSPS) is 12.4. The molecule has 0 bridgehead atoms. The standard InChI is InChI=1S/C17H19F2N/c1-3-20-15(11-13-7-5-4-6-8-13)16-14(18)10-9-12(2)17(16)19/h4-10,15,20H,3,11H2,1-2H3. The maximum atomic E-state index is 14.3. The van der Waals surface area contributed by atoms with Crippen molar-refractivity contribution in [2.75, 3.05) is 6.54 Å². The van der Waals surface area contributed by atoms with E-state index in [1.807, 2.05) is 37.3 Å². The summed E-state index contributed by atoms with van der Waals surface area (Å²) < 4.78 is 28.3. The highest BCUT2D eigenvalue weighted by Crippen LogP contribution is 2.26. The number of aryl methyl sites for hydroxylation is 1. The van der Waals surface area contributed by atoms with E-state index in [-0.39, 0.29) is 11.6 Å². The first-order valence-electron chi connectivity index (χ1n) is 6.85. The molecular weight excluding hydrogens is 256 g/mol. The molecule has 3 heteroatoms. The number of nitrogens with one attached hydrogen (secondary N) is 1. The van der Waals surface area contributed by atoms with Gasteiger partial charge in [-0.15, -0.1) is 0 Å². The molecule has 1 atom stereocenters. The van der Waals surface area contributed by atoms with Gasteiger partial charge in [-0.3, -0.25) is 0 Å². The summed E-state index contributed by atoms with van der Waals surface area (Å²) in [4.78, 5) is 0. The third-order valence-corrected chi connectivity index (χ3v) is 3.40. The van der Waals surface area contributed by atoms with Crippen molar-refractivity contribution >= 4 is 0 Å². The van der Waals surface area contributed by atoms with E-state index in [9.17, 15) is 8.78 Å². The second kappa shape index (κ2) is 6.62. The van der Waals surface area contributed by atoms with Crippen LogP contribution in [0, 0.1) is 18.6 Å². The van der Waals surface area contributed by atoms with E-state index in [1.165, 1.54) is 12.1 Å². The second-order valence-electron chi connectivity index (χ2n) is 4.89. The lowest BCUT2D eigenvalue weighted by molar-refractivity contribution is 0.470. The van der Waals surface area contributed by atoms with Gasteiger partial charge < -0.3 is 5.32 Å². The van der Waals surface area contributed by atoms with Crippen molar-refractivity contribution in [1.29, 1.82) is 0 Å². The number of hydrogen-bond donors (Lipinski definition) is 1. The Morgan fingerprint density at radius 2 is 1.75 bits per heavy atom. The Morgan fingerprint density at radius 1 is 1.05 bits per heavy atom. The van der Waals surface area contributed by atoms with E-state index in [1.54, 1.807) is 6.92 Å². The van der Waals surface area contributed by atoms with Crippen LogP contribution in [0.5, 0.6) is 0 Å². The van der Waals surface area contributed by atoms with E-state index in [2.05, 4.69) is 5.32 Å². The lowest BCUT2D eigenvalue weighted by Crippen LogP contribution is -2.25. The van der Waals surface area contributed by atoms with Crippen LogP contribution in [0.25, 0.3) is 0 Å². The van der Waals surface area contributed by atoms with E-state index in [0.29, 0.717) is 18.5 Å². The molecule has 20 heavy (non-hydrogen) atoms. The summed E-state index contributed by atoms with van der Waals surface area (Å²) in [5, 5.41) is 3.18. The molecule has 0 aliphatic heterocycles. The Balaban J connectivity index is 2.36. The molecule has 2 rings (SSSR count). The second-order valence-corrected chi connectivity index (χ2v) is 4.89. The number of benzene rings is 2. The highest BCUT2D eigenvalue weighted by molar-refractivity contribution is 5.31. The topological polar surface area (TPSA) is 12.0 Å².